The van der Waals surface area contributed by atoms with E-state index in [0.29, 0.717) is 48.6 Å². The van der Waals surface area contributed by atoms with Gasteiger partial charge in [0.2, 0.25) is 20.0 Å². The smallest absolute Gasteiger partial charge is 0.255 e. The molecule has 2 aromatic rings. The first kappa shape index (κ1) is 23.7. The van der Waals surface area contributed by atoms with E-state index in [-0.39, 0.29) is 10.8 Å². The zero-order valence-electron chi connectivity index (χ0n) is 18.9. The average Bonchev–Trinajstić information content (AvgIpc) is 2.99. The zero-order valence-corrected chi connectivity index (χ0v) is 20.5. The molecule has 0 unspecified atom stereocenters. The second kappa shape index (κ2) is 9.08. The number of anilines is 2. The van der Waals surface area contributed by atoms with Crippen molar-refractivity contribution in [3.63, 3.8) is 0 Å². The Morgan fingerprint density at radius 1 is 0.909 bits per heavy atom. The highest BCUT2D eigenvalue weighted by atomic mass is 32.2. The predicted molar refractivity (Wildman–Crippen MR) is 129 cm³/mol. The summed E-state index contributed by atoms with van der Waals surface area (Å²) in [4.78, 5) is 13.1. The third-order valence-corrected chi connectivity index (χ3v) is 9.44. The van der Waals surface area contributed by atoms with Crippen LogP contribution in [0.3, 0.4) is 0 Å². The number of fused-ring (bicyclic) bond motifs is 1. The molecule has 0 bridgehead atoms. The maximum absolute atomic E-state index is 13.3. The number of hydrogen-bond acceptors (Lipinski definition) is 5. The maximum Gasteiger partial charge on any atom is 0.255 e. The van der Waals surface area contributed by atoms with Crippen LogP contribution in [-0.4, -0.2) is 52.9 Å². The monoisotopic (exact) mass is 491 g/mol. The number of carbonyl (C=O) groups excluding carboxylic acids is 1. The Morgan fingerprint density at radius 2 is 1.61 bits per heavy atom. The number of nitrogens with zero attached hydrogens (tertiary/aromatic N) is 2. The molecule has 1 N–H and O–H groups in total. The van der Waals surface area contributed by atoms with E-state index in [1.165, 1.54) is 10.4 Å². The Balaban J connectivity index is 1.56. The molecule has 1 fully saturated rings. The van der Waals surface area contributed by atoms with E-state index in [0.717, 1.165) is 37.5 Å². The van der Waals surface area contributed by atoms with Crippen molar-refractivity contribution in [1.82, 2.24) is 4.31 Å². The highest BCUT2D eigenvalue weighted by Crippen LogP contribution is 2.31. The topological polar surface area (TPSA) is 104 Å². The van der Waals surface area contributed by atoms with Gasteiger partial charge in [0, 0.05) is 30.9 Å². The molecule has 0 saturated carbocycles. The number of nitrogens with one attached hydrogen (secondary N) is 1. The Hall–Kier alpha value is -2.43. The largest absolute Gasteiger partial charge is 0.322 e. The molecule has 1 amide bonds. The molecule has 8 nitrogen and oxygen atoms in total. The van der Waals surface area contributed by atoms with Gasteiger partial charge in [0.05, 0.1) is 16.8 Å². The number of rotatable bonds is 5. The van der Waals surface area contributed by atoms with Crippen LogP contribution in [0, 0.1) is 6.92 Å². The number of carbonyl (C=O) groups is 1. The third kappa shape index (κ3) is 4.92. The Kier molecular flexibility index (Phi) is 6.52. The first-order valence-corrected chi connectivity index (χ1v) is 14.4. The van der Waals surface area contributed by atoms with Gasteiger partial charge < -0.3 is 5.32 Å². The molecule has 0 radical (unpaired) electrons. The van der Waals surface area contributed by atoms with Crippen LogP contribution in [0.5, 0.6) is 0 Å². The Labute approximate surface area is 195 Å². The van der Waals surface area contributed by atoms with E-state index < -0.39 is 20.0 Å². The highest BCUT2D eigenvalue weighted by molar-refractivity contribution is 7.92. The molecule has 2 aromatic carbocycles. The van der Waals surface area contributed by atoms with Gasteiger partial charge in [0.15, 0.2) is 0 Å². The van der Waals surface area contributed by atoms with Crippen LogP contribution >= 0.6 is 0 Å². The van der Waals surface area contributed by atoms with Crippen LogP contribution in [0.15, 0.2) is 41.3 Å². The summed E-state index contributed by atoms with van der Waals surface area (Å²) in [5.41, 5.74) is 2.81. The van der Waals surface area contributed by atoms with Crippen LogP contribution in [-0.2, 0) is 26.5 Å². The maximum atomic E-state index is 13.3. The molecule has 2 aliphatic rings. The first-order chi connectivity index (χ1) is 15.6. The van der Waals surface area contributed by atoms with Gasteiger partial charge in [-0.1, -0.05) is 18.9 Å². The second-order valence-corrected chi connectivity index (χ2v) is 12.5. The van der Waals surface area contributed by atoms with Crippen LogP contribution in [0.2, 0.25) is 0 Å². The third-order valence-electron chi connectivity index (χ3n) is 6.22. The minimum absolute atomic E-state index is 0.208. The van der Waals surface area contributed by atoms with Gasteiger partial charge >= 0.3 is 0 Å². The summed E-state index contributed by atoms with van der Waals surface area (Å²) in [7, 11) is -7.01. The quantitative estimate of drug-likeness (QED) is 0.692. The van der Waals surface area contributed by atoms with Crippen molar-refractivity contribution in [1.29, 1.82) is 0 Å². The molecule has 1 saturated heterocycles. The van der Waals surface area contributed by atoms with Gasteiger partial charge in [-0.2, -0.15) is 4.31 Å². The van der Waals surface area contributed by atoms with Gasteiger partial charge in [-0.25, -0.2) is 16.8 Å². The molecule has 0 aliphatic carbocycles. The molecule has 0 spiro atoms. The van der Waals surface area contributed by atoms with E-state index >= 15 is 0 Å². The van der Waals surface area contributed by atoms with Crippen molar-refractivity contribution in [3.05, 3.63) is 53.1 Å². The summed E-state index contributed by atoms with van der Waals surface area (Å²) in [6.07, 6.45) is 5.46. The predicted octanol–water partition coefficient (Wildman–Crippen LogP) is 3.13. The van der Waals surface area contributed by atoms with E-state index in [9.17, 15) is 21.6 Å². The molecule has 4 rings (SSSR count). The molecule has 2 aliphatic heterocycles. The fourth-order valence-electron chi connectivity index (χ4n) is 4.44. The van der Waals surface area contributed by atoms with Crippen LogP contribution < -0.4 is 9.62 Å². The van der Waals surface area contributed by atoms with Gasteiger partial charge in [0.25, 0.3) is 5.91 Å². The SMILES string of the molecule is Cc1ccc(NC(=O)c2ccc3c(c2)CCN3S(C)(=O)=O)cc1S(=O)(=O)N1CCCCCC1. The van der Waals surface area contributed by atoms with Crippen molar-refractivity contribution in [2.24, 2.45) is 0 Å². The Morgan fingerprint density at radius 3 is 2.27 bits per heavy atom. The molecule has 10 heteroatoms. The fraction of sp³-hybridized carbons (Fsp3) is 0.435. The molecule has 178 valence electrons. The first-order valence-electron chi connectivity index (χ1n) is 11.1. The van der Waals surface area contributed by atoms with Gasteiger partial charge in [-0.3, -0.25) is 9.10 Å². The number of amides is 1. The summed E-state index contributed by atoms with van der Waals surface area (Å²) < 4.78 is 53.3. The standard InChI is InChI=1S/C23H29N3O5S2/c1-17-7-9-20(16-22(17)33(30,31)25-12-5-3-4-6-13-25)24-23(27)19-8-10-21-18(15-19)11-14-26(21)32(2,28)29/h7-10,15-16H,3-6,11-14H2,1-2H3,(H,24,27). The van der Waals surface area contributed by atoms with Gasteiger partial charge in [-0.15, -0.1) is 0 Å². The summed E-state index contributed by atoms with van der Waals surface area (Å²) in [6.45, 7) is 3.13. The number of benzene rings is 2. The second-order valence-electron chi connectivity index (χ2n) is 8.68. The molecule has 33 heavy (non-hydrogen) atoms. The van der Waals surface area contributed by atoms with Gasteiger partial charge in [-0.05, 0) is 67.6 Å². The average molecular weight is 492 g/mol. The van der Waals surface area contributed by atoms with Crippen molar-refractivity contribution in [2.75, 3.05) is 35.5 Å². The van der Waals surface area contributed by atoms with Crippen molar-refractivity contribution >= 4 is 37.3 Å². The minimum atomic E-state index is -3.65. The summed E-state index contributed by atoms with van der Waals surface area (Å²) in [5, 5.41) is 2.79. The zero-order chi connectivity index (χ0) is 23.8. The lowest BCUT2D eigenvalue weighted by Crippen LogP contribution is -2.32. The molecule has 2 heterocycles. The highest BCUT2D eigenvalue weighted by Gasteiger charge is 2.28. The van der Waals surface area contributed by atoms with Gasteiger partial charge in [0.1, 0.15) is 0 Å². The summed E-state index contributed by atoms with van der Waals surface area (Å²) in [6, 6.07) is 9.83. The van der Waals surface area contributed by atoms with Crippen molar-refractivity contribution in [3.8, 4) is 0 Å². The molecular formula is C23H29N3O5S2. The molecule has 0 atom stereocenters. The lowest BCUT2D eigenvalue weighted by atomic mass is 10.1. The Bertz CT molecular complexity index is 1280. The molecular weight excluding hydrogens is 462 g/mol. The van der Waals surface area contributed by atoms with Crippen LogP contribution in [0.25, 0.3) is 0 Å². The normalized spacial score (nSPS) is 17.5. The lowest BCUT2D eigenvalue weighted by molar-refractivity contribution is 0.102. The minimum Gasteiger partial charge on any atom is -0.322 e. The fourth-order valence-corrected chi connectivity index (χ4v) is 7.16. The number of aryl methyl sites for hydroxylation is 1. The number of sulfonamides is 2. The molecule has 0 aromatic heterocycles. The lowest BCUT2D eigenvalue weighted by Gasteiger charge is -2.21. The van der Waals surface area contributed by atoms with Crippen molar-refractivity contribution in [2.45, 2.75) is 43.9 Å². The van der Waals surface area contributed by atoms with E-state index in [1.54, 1.807) is 41.6 Å². The van der Waals surface area contributed by atoms with Crippen molar-refractivity contribution < 1.29 is 21.6 Å². The summed E-state index contributed by atoms with van der Waals surface area (Å²) in [5.74, 6) is -0.377. The number of hydrogen-bond donors (Lipinski definition) is 1. The van der Waals surface area contributed by atoms with E-state index in [2.05, 4.69) is 5.32 Å². The van der Waals surface area contributed by atoms with Crippen LogP contribution in [0.4, 0.5) is 11.4 Å². The van der Waals surface area contributed by atoms with E-state index in [1.807, 2.05) is 0 Å². The van der Waals surface area contributed by atoms with E-state index in [4.69, 9.17) is 0 Å². The van der Waals surface area contributed by atoms with Crippen LogP contribution in [0.1, 0.15) is 47.2 Å². The summed E-state index contributed by atoms with van der Waals surface area (Å²) >= 11 is 0.